The van der Waals surface area contributed by atoms with Crippen molar-refractivity contribution < 1.29 is 14.3 Å². The van der Waals surface area contributed by atoms with Gasteiger partial charge in [-0.15, -0.1) is 0 Å². The number of likely N-dealkylation sites (N-methyl/N-ethyl adjacent to an activating group) is 1. The van der Waals surface area contributed by atoms with Crippen molar-refractivity contribution in [1.82, 2.24) is 10.2 Å². The minimum absolute atomic E-state index is 0.372. The number of hydrogen-bond donors (Lipinski definition) is 1. The Morgan fingerprint density at radius 3 is 2.50 bits per heavy atom. The second-order valence-corrected chi connectivity index (χ2v) is 4.85. The summed E-state index contributed by atoms with van der Waals surface area (Å²) in [7, 11) is 1.65. The Morgan fingerprint density at radius 1 is 1.50 bits per heavy atom. The summed E-state index contributed by atoms with van der Waals surface area (Å²) in [5, 5.41) is 2.51. The first kappa shape index (κ1) is 16.4. The Hall–Kier alpha value is -1.59. The predicted octanol–water partition coefficient (Wildman–Crippen LogP) is 1.06. The van der Waals surface area contributed by atoms with E-state index in [0.29, 0.717) is 19.4 Å². The van der Waals surface area contributed by atoms with Crippen LogP contribution in [0.2, 0.25) is 0 Å². The third-order valence-electron chi connectivity index (χ3n) is 1.98. The van der Waals surface area contributed by atoms with Crippen LogP contribution in [0.5, 0.6) is 0 Å². The van der Waals surface area contributed by atoms with Gasteiger partial charge in [0.05, 0.1) is 6.34 Å². The molecule has 1 atom stereocenters. The van der Waals surface area contributed by atoms with Gasteiger partial charge < -0.3 is 19.7 Å². The van der Waals surface area contributed by atoms with Crippen LogP contribution < -0.4 is 5.32 Å². The van der Waals surface area contributed by atoms with Gasteiger partial charge in [-0.05, 0) is 27.7 Å². The molecule has 0 aliphatic rings. The van der Waals surface area contributed by atoms with E-state index in [1.807, 2.05) is 11.8 Å². The summed E-state index contributed by atoms with van der Waals surface area (Å²) < 4.78 is 5.08. The number of amides is 1. The highest BCUT2D eigenvalue weighted by Gasteiger charge is 2.19. The molecule has 18 heavy (non-hydrogen) atoms. The van der Waals surface area contributed by atoms with E-state index in [9.17, 15) is 9.59 Å². The first-order valence-electron chi connectivity index (χ1n) is 5.93. The van der Waals surface area contributed by atoms with Gasteiger partial charge in [0.2, 0.25) is 0 Å². The molecule has 0 aromatic carbocycles. The van der Waals surface area contributed by atoms with E-state index in [-0.39, 0.29) is 0 Å². The second-order valence-electron chi connectivity index (χ2n) is 4.85. The van der Waals surface area contributed by atoms with Gasteiger partial charge in [-0.2, -0.15) is 0 Å². The Bertz CT molecular complexity index is 297. The molecule has 0 saturated heterocycles. The smallest absolute Gasteiger partial charge is 0.408 e. The fourth-order valence-corrected chi connectivity index (χ4v) is 1.26. The average Bonchev–Trinajstić information content (AvgIpc) is 2.24. The molecule has 1 amide bonds. The average molecular weight is 257 g/mol. The molecule has 0 aliphatic carbocycles. The molecular formula is C12H23N3O3. The summed E-state index contributed by atoms with van der Waals surface area (Å²) in [4.78, 5) is 28.1. The van der Waals surface area contributed by atoms with Crippen molar-refractivity contribution >= 4 is 18.7 Å². The zero-order valence-electron chi connectivity index (χ0n) is 11.8. The van der Waals surface area contributed by atoms with Crippen LogP contribution in [0.1, 0.15) is 27.7 Å². The lowest BCUT2D eigenvalue weighted by Gasteiger charge is -2.24. The number of alkyl carbamates (subject to hydrolysis) is 1. The molecule has 0 aromatic rings. The Kier molecular flexibility index (Phi) is 7.00. The van der Waals surface area contributed by atoms with Crippen LogP contribution in [0, 0.1) is 0 Å². The van der Waals surface area contributed by atoms with Crippen LogP contribution >= 0.6 is 0 Å². The highest BCUT2D eigenvalue weighted by Crippen LogP contribution is 2.06. The van der Waals surface area contributed by atoms with Crippen LogP contribution in [-0.2, 0) is 9.53 Å². The van der Waals surface area contributed by atoms with Gasteiger partial charge in [0, 0.05) is 20.1 Å². The van der Waals surface area contributed by atoms with Crippen molar-refractivity contribution in [3.63, 3.8) is 0 Å². The summed E-state index contributed by atoms with van der Waals surface area (Å²) >= 11 is 0. The van der Waals surface area contributed by atoms with Gasteiger partial charge >= 0.3 is 6.09 Å². The number of nitrogens with zero attached hydrogens (tertiary/aromatic N) is 2. The predicted molar refractivity (Wildman–Crippen MR) is 70.9 cm³/mol. The number of carbonyl (C=O) groups is 2. The van der Waals surface area contributed by atoms with E-state index >= 15 is 0 Å². The normalized spacial score (nSPS) is 13.2. The molecule has 0 radical (unpaired) electrons. The number of nitrogens with one attached hydrogen (secondary N) is 1. The van der Waals surface area contributed by atoms with Crippen molar-refractivity contribution in [1.29, 1.82) is 0 Å². The highest BCUT2D eigenvalue weighted by atomic mass is 16.6. The summed E-state index contributed by atoms with van der Waals surface area (Å²) in [6.07, 6.45) is 1.73. The molecule has 6 nitrogen and oxygen atoms in total. The third kappa shape index (κ3) is 7.65. The highest BCUT2D eigenvalue weighted by molar-refractivity contribution is 5.74. The summed E-state index contributed by atoms with van der Waals surface area (Å²) in [5.74, 6) is 0. The van der Waals surface area contributed by atoms with Gasteiger partial charge in [-0.3, -0.25) is 4.99 Å². The van der Waals surface area contributed by atoms with Gasteiger partial charge in [0.25, 0.3) is 0 Å². The number of hydrogen-bond acceptors (Lipinski definition) is 4. The monoisotopic (exact) mass is 257 g/mol. The van der Waals surface area contributed by atoms with Crippen molar-refractivity contribution in [2.75, 3.05) is 20.1 Å². The molecule has 6 heteroatoms. The molecule has 0 aliphatic heterocycles. The number of aliphatic imine (C=N–C) groups is 1. The molecule has 0 heterocycles. The van der Waals surface area contributed by atoms with E-state index in [1.165, 1.54) is 0 Å². The number of rotatable bonds is 6. The molecule has 0 bridgehead atoms. The van der Waals surface area contributed by atoms with Crippen LogP contribution in [-0.4, -0.2) is 55.4 Å². The SMILES string of the molecule is CCN(/C=N\C)CC(C=O)NC(=O)OC(C)(C)C. The van der Waals surface area contributed by atoms with Crippen LogP contribution in [0.3, 0.4) is 0 Å². The van der Waals surface area contributed by atoms with Gasteiger partial charge in [-0.1, -0.05) is 0 Å². The first-order chi connectivity index (χ1) is 8.32. The minimum Gasteiger partial charge on any atom is -0.444 e. The van der Waals surface area contributed by atoms with E-state index in [1.54, 1.807) is 34.2 Å². The Labute approximate surface area is 108 Å². The zero-order chi connectivity index (χ0) is 14.2. The van der Waals surface area contributed by atoms with E-state index in [2.05, 4.69) is 10.3 Å². The Morgan fingerprint density at radius 2 is 2.11 bits per heavy atom. The van der Waals surface area contributed by atoms with Gasteiger partial charge in [0.1, 0.15) is 17.9 Å². The summed E-state index contributed by atoms with van der Waals surface area (Å²) in [6, 6.07) is -0.613. The molecular weight excluding hydrogens is 234 g/mol. The lowest BCUT2D eigenvalue weighted by Crippen LogP contribution is -2.46. The molecule has 0 aromatic heterocycles. The molecule has 0 saturated carbocycles. The topological polar surface area (TPSA) is 71.0 Å². The second kappa shape index (κ2) is 7.68. The van der Waals surface area contributed by atoms with Crippen molar-refractivity contribution in [2.45, 2.75) is 39.3 Å². The molecule has 0 fully saturated rings. The number of ether oxygens (including phenoxy) is 1. The standard InChI is InChI=1S/C12H23N3O3/c1-6-15(9-13-5)7-10(8-16)14-11(17)18-12(2,3)4/h8-10H,6-7H2,1-5H3,(H,14,17)/b13-9-. The van der Waals surface area contributed by atoms with Crippen molar-refractivity contribution in [3.05, 3.63) is 0 Å². The van der Waals surface area contributed by atoms with Gasteiger partial charge in [0.15, 0.2) is 0 Å². The molecule has 1 N–H and O–H groups in total. The van der Waals surface area contributed by atoms with Crippen LogP contribution in [0.15, 0.2) is 4.99 Å². The van der Waals surface area contributed by atoms with Crippen LogP contribution in [0.4, 0.5) is 4.79 Å². The quantitative estimate of drug-likeness (QED) is 0.439. The maximum absolute atomic E-state index is 11.5. The fraction of sp³-hybridized carbons (Fsp3) is 0.750. The fourth-order valence-electron chi connectivity index (χ4n) is 1.26. The number of aldehydes is 1. The van der Waals surface area contributed by atoms with Crippen molar-refractivity contribution in [3.8, 4) is 0 Å². The molecule has 0 rings (SSSR count). The minimum atomic E-state index is -0.613. The Balaban J connectivity index is 4.34. The zero-order valence-corrected chi connectivity index (χ0v) is 11.8. The van der Waals surface area contributed by atoms with E-state index in [4.69, 9.17) is 4.74 Å². The molecule has 1 unspecified atom stereocenters. The lowest BCUT2D eigenvalue weighted by atomic mass is 10.2. The first-order valence-corrected chi connectivity index (χ1v) is 5.93. The largest absolute Gasteiger partial charge is 0.444 e. The van der Waals surface area contributed by atoms with E-state index < -0.39 is 17.7 Å². The van der Waals surface area contributed by atoms with E-state index in [0.717, 1.165) is 0 Å². The summed E-state index contributed by atoms with van der Waals surface area (Å²) in [6.45, 7) is 8.32. The maximum Gasteiger partial charge on any atom is 0.408 e. The molecule has 0 spiro atoms. The molecule has 104 valence electrons. The van der Waals surface area contributed by atoms with Crippen LogP contribution in [0.25, 0.3) is 0 Å². The number of carbonyl (C=O) groups excluding carboxylic acids is 2. The lowest BCUT2D eigenvalue weighted by molar-refractivity contribution is -0.109. The van der Waals surface area contributed by atoms with Crippen molar-refractivity contribution in [2.24, 2.45) is 4.99 Å². The third-order valence-corrected chi connectivity index (χ3v) is 1.98. The van der Waals surface area contributed by atoms with Gasteiger partial charge in [-0.25, -0.2) is 4.79 Å². The summed E-state index contributed by atoms with van der Waals surface area (Å²) in [5.41, 5.74) is -0.577. The maximum atomic E-state index is 11.5.